The molecule has 1 aliphatic carbocycles. The Morgan fingerprint density at radius 3 is 2.58 bits per heavy atom. The van der Waals surface area contributed by atoms with Gasteiger partial charge in [0.25, 0.3) is 5.91 Å². The van der Waals surface area contributed by atoms with E-state index in [-0.39, 0.29) is 35.7 Å². The predicted molar refractivity (Wildman–Crippen MR) is 141 cm³/mol. The molecule has 1 aromatic carbocycles. The Morgan fingerprint density at radius 1 is 1.25 bits per heavy atom. The summed E-state index contributed by atoms with van der Waals surface area (Å²) in [6, 6.07) is 7.54. The van der Waals surface area contributed by atoms with E-state index in [0.717, 1.165) is 25.7 Å². The molecule has 0 unspecified atom stereocenters. The number of nitrogens with zero attached hydrogens (tertiary/aromatic N) is 2. The van der Waals surface area contributed by atoms with Crippen LogP contribution in [0.1, 0.15) is 38.3 Å². The zero-order valence-electron chi connectivity index (χ0n) is 21.4. The van der Waals surface area contributed by atoms with Gasteiger partial charge in [0.05, 0.1) is 18.3 Å². The largest absolute Gasteiger partial charge is 0.405 e. The van der Waals surface area contributed by atoms with Crippen LogP contribution in [0.3, 0.4) is 0 Å². The van der Waals surface area contributed by atoms with Gasteiger partial charge in [-0.3, -0.25) is 24.9 Å². The van der Waals surface area contributed by atoms with Crippen molar-refractivity contribution in [3.63, 3.8) is 0 Å². The van der Waals surface area contributed by atoms with Gasteiger partial charge >= 0.3 is 0 Å². The summed E-state index contributed by atoms with van der Waals surface area (Å²) < 4.78 is 16.5. The Hall–Kier alpha value is -3.46. The third kappa shape index (κ3) is 6.60. The van der Waals surface area contributed by atoms with Crippen LogP contribution < -0.4 is 22.1 Å². The summed E-state index contributed by atoms with van der Waals surface area (Å²) in [5.41, 5.74) is 10.5. The molecule has 8 nitrogen and oxygen atoms in total. The summed E-state index contributed by atoms with van der Waals surface area (Å²) in [4.78, 5) is 34.3. The standard InChI is InChI=1S/C27H36FN5O3/c1-17-5-7-19(8-6-17)25(31-27(35)24(30-3)13-14-29)16-36-32-20-9-10-22(23(28)15-20)21-11-12-26(34)33(4)18(21)2/h9-15,17,19,25,32H,5-8,16,29H2,1-4H3,(H,31,35)/b14-13-,30-24?/t17?,19?,25-/m1/s1. The third-order valence-electron chi connectivity index (χ3n) is 7.00. The van der Waals surface area contributed by atoms with Gasteiger partial charge < -0.3 is 15.6 Å². The lowest BCUT2D eigenvalue weighted by molar-refractivity contribution is -0.116. The molecule has 1 saturated carbocycles. The topological polar surface area (TPSA) is 111 Å². The first-order valence-corrected chi connectivity index (χ1v) is 12.2. The Bertz CT molecular complexity index is 1180. The molecule has 36 heavy (non-hydrogen) atoms. The number of benzene rings is 1. The van der Waals surface area contributed by atoms with E-state index >= 15 is 0 Å². The fraction of sp³-hybridized carbons (Fsp3) is 0.444. The van der Waals surface area contributed by atoms with E-state index in [9.17, 15) is 14.0 Å². The molecule has 1 aromatic heterocycles. The predicted octanol–water partition coefficient (Wildman–Crippen LogP) is 3.70. The Kier molecular flexibility index (Phi) is 9.41. The van der Waals surface area contributed by atoms with Gasteiger partial charge in [0.2, 0.25) is 5.56 Å². The summed E-state index contributed by atoms with van der Waals surface area (Å²) in [7, 11) is 3.20. The van der Waals surface area contributed by atoms with Gasteiger partial charge in [0.1, 0.15) is 11.5 Å². The van der Waals surface area contributed by atoms with Crippen LogP contribution in [0.15, 0.2) is 52.4 Å². The average Bonchev–Trinajstić information content (AvgIpc) is 2.86. The van der Waals surface area contributed by atoms with E-state index in [1.54, 1.807) is 39.2 Å². The van der Waals surface area contributed by atoms with Crippen LogP contribution in [-0.2, 0) is 16.7 Å². The number of hydrogen-bond donors (Lipinski definition) is 3. The third-order valence-corrected chi connectivity index (χ3v) is 7.00. The normalized spacial score (nSPS) is 19.3. The van der Waals surface area contributed by atoms with Gasteiger partial charge in [-0.05, 0) is 68.1 Å². The van der Waals surface area contributed by atoms with Crippen LogP contribution in [0.4, 0.5) is 10.1 Å². The number of hydrogen-bond acceptors (Lipinski definition) is 6. The van der Waals surface area contributed by atoms with Crippen LogP contribution in [0.5, 0.6) is 0 Å². The monoisotopic (exact) mass is 497 g/mol. The molecule has 0 aliphatic heterocycles. The number of anilines is 1. The van der Waals surface area contributed by atoms with Crippen molar-refractivity contribution in [1.29, 1.82) is 0 Å². The number of rotatable bonds is 9. The van der Waals surface area contributed by atoms with Crippen LogP contribution in [-0.4, -0.2) is 35.9 Å². The van der Waals surface area contributed by atoms with Crippen molar-refractivity contribution in [2.24, 2.45) is 29.6 Å². The molecule has 9 heteroatoms. The van der Waals surface area contributed by atoms with E-state index in [1.165, 1.54) is 29.0 Å². The van der Waals surface area contributed by atoms with Gasteiger partial charge in [-0.25, -0.2) is 4.39 Å². The number of aromatic nitrogens is 1. The molecule has 194 valence electrons. The quantitative estimate of drug-likeness (QED) is 0.361. The maximum atomic E-state index is 15.0. The highest BCUT2D eigenvalue weighted by Gasteiger charge is 2.28. The molecule has 0 radical (unpaired) electrons. The first kappa shape index (κ1) is 27.1. The second kappa shape index (κ2) is 12.5. The van der Waals surface area contributed by atoms with E-state index in [1.807, 2.05) is 0 Å². The Labute approximate surface area is 211 Å². The van der Waals surface area contributed by atoms with Crippen molar-refractivity contribution in [2.45, 2.75) is 45.6 Å². The van der Waals surface area contributed by atoms with Crippen molar-refractivity contribution in [1.82, 2.24) is 9.88 Å². The van der Waals surface area contributed by atoms with Crippen molar-refractivity contribution in [3.05, 3.63) is 64.5 Å². The number of aliphatic imine (C=N–C) groups is 1. The fourth-order valence-electron chi connectivity index (χ4n) is 4.60. The second-order valence-corrected chi connectivity index (χ2v) is 9.41. The second-order valence-electron chi connectivity index (χ2n) is 9.41. The highest BCUT2D eigenvalue weighted by molar-refractivity contribution is 6.43. The maximum Gasteiger partial charge on any atom is 0.269 e. The molecule has 1 heterocycles. The number of carbonyl (C=O) groups excluding carboxylic acids is 1. The van der Waals surface area contributed by atoms with Crippen LogP contribution >= 0.6 is 0 Å². The van der Waals surface area contributed by atoms with Crippen molar-refractivity contribution in [3.8, 4) is 11.1 Å². The molecule has 1 fully saturated rings. The maximum absolute atomic E-state index is 15.0. The van der Waals surface area contributed by atoms with Crippen molar-refractivity contribution >= 4 is 17.3 Å². The van der Waals surface area contributed by atoms with Crippen molar-refractivity contribution < 1.29 is 14.0 Å². The number of pyridine rings is 1. The molecular weight excluding hydrogens is 461 g/mol. The van der Waals surface area contributed by atoms with Crippen molar-refractivity contribution in [2.75, 3.05) is 19.1 Å². The minimum absolute atomic E-state index is 0.145. The van der Waals surface area contributed by atoms with E-state index in [4.69, 9.17) is 10.6 Å². The lowest BCUT2D eigenvalue weighted by Crippen LogP contribution is -2.47. The lowest BCUT2D eigenvalue weighted by Gasteiger charge is -2.33. The molecule has 3 rings (SSSR count). The van der Waals surface area contributed by atoms with Gasteiger partial charge in [-0.1, -0.05) is 19.8 Å². The smallest absolute Gasteiger partial charge is 0.269 e. The molecule has 2 aromatic rings. The minimum Gasteiger partial charge on any atom is -0.405 e. The Morgan fingerprint density at radius 2 is 1.94 bits per heavy atom. The minimum atomic E-state index is -0.436. The SMILES string of the molecule is CN=C(/C=C\N)C(=O)N[C@H](CONc1ccc(-c2ccc(=O)n(C)c2C)c(F)c1)C1CCC(C)CC1. The summed E-state index contributed by atoms with van der Waals surface area (Å²) in [5.74, 6) is 0.184. The van der Waals surface area contributed by atoms with Gasteiger partial charge in [0.15, 0.2) is 0 Å². The molecule has 0 spiro atoms. The van der Waals surface area contributed by atoms with Crippen LogP contribution in [0, 0.1) is 24.6 Å². The molecule has 1 atom stereocenters. The van der Waals surface area contributed by atoms with E-state index < -0.39 is 5.82 Å². The first-order valence-electron chi connectivity index (χ1n) is 12.2. The summed E-state index contributed by atoms with van der Waals surface area (Å²) in [5, 5.41) is 3.04. The van der Waals surface area contributed by atoms with E-state index in [0.29, 0.717) is 28.4 Å². The lowest BCUT2D eigenvalue weighted by atomic mass is 9.79. The molecule has 4 N–H and O–H groups in total. The van der Waals surface area contributed by atoms with Gasteiger partial charge in [-0.15, -0.1) is 0 Å². The van der Waals surface area contributed by atoms with E-state index in [2.05, 4.69) is 22.7 Å². The number of carbonyl (C=O) groups is 1. The average molecular weight is 498 g/mol. The number of nitrogens with one attached hydrogen (secondary N) is 2. The highest BCUT2D eigenvalue weighted by Crippen LogP contribution is 2.31. The molecule has 0 saturated heterocycles. The van der Waals surface area contributed by atoms with Crippen LogP contribution in [0.2, 0.25) is 0 Å². The zero-order valence-corrected chi connectivity index (χ0v) is 21.4. The summed E-state index contributed by atoms with van der Waals surface area (Å²) >= 11 is 0. The first-order chi connectivity index (χ1) is 17.2. The van der Waals surface area contributed by atoms with Gasteiger partial charge in [0, 0.05) is 37.0 Å². The Balaban J connectivity index is 1.69. The van der Waals surface area contributed by atoms with Crippen LogP contribution in [0.25, 0.3) is 11.1 Å². The fourth-order valence-corrected chi connectivity index (χ4v) is 4.60. The number of nitrogens with two attached hydrogens (primary N) is 1. The molecule has 1 amide bonds. The van der Waals surface area contributed by atoms with Gasteiger partial charge in [-0.2, -0.15) is 0 Å². The molecular formula is C27H36FN5O3. The molecule has 0 bridgehead atoms. The number of halogens is 1. The summed E-state index contributed by atoms with van der Waals surface area (Å²) in [6.07, 6.45) is 6.92. The number of amides is 1. The summed E-state index contributed by atoms with van der Waals surface area (Å²) in [6.45, 7) is 4.23. The molecule has 1 aliphatic rings. The highest BCUT2D eigenvalue weighted by atomic mass is 19.1. The zero-order chi connectivity index (χ0) is 26.2.